The lowest BCUT2D eigenvalue weighted by Gasteiger charge is -2.03. The third-order valence-corrected chi connectivity index (χ3v) is 2.37. The van der Waals surface area contributed by atoms with Crippen LogP contribution in [0.3, 0.4) is 0 Å². The lowest BCUT2D eigenvalue weighted by atomic mass is 10.2. The van der Waals surface area contributed by atoms with Gasteiger partial charge in [-0.05, 0) is 18.2 Å². The lowest BCUT2D eigenvalue weighted by Crippen LogP contribution is -2.32. The number of nitrogens with one attached hydrogen (secondary N) is 1. The monoisotopic (exact) mass is 250 g/mol. The number of rotatable bonds is 3. The van der Waals surface area contributed by atoms with Crippen LogP contribution in [0.2, 0.25) is 0 Å². The first kappa shape index (κ1) is 12.3. The van der Waals surface area contributed by atoms with E-state index in [1.165, 1.54) is 18.2 Å². The molecule has 5 nitrogen and oxygen atoms in total. The summed E-state index contributed by atoms with van der Waals surface area (Å²) in [6.45, 7) is 0.537. The van der Waals surface area contributed by atoms with Crippen molar-refractivity contribution in [1.29, 1.82) is 0 Å². The minimum Gasteiger partial charge on any atom is -0.422 e. The second-order valence-corrected chi connectivity index (χ2v) is 3.67. The van der Waals surface area contributed by atoms with Crippen molar-refractivity contribution in [3.8, 4) is 0 Å². The van der Waals surface area contributed by atoms with Gasteiger partial charge in [0.2, 0.25) is 0 Å². The van der Waals surface area contributed by atoms with Crippen molar-refractivity contribution in [2.45, 2.75) is 0 Å². The summed E-state index contributed by atoms with van der Waals surface area (Å²) in [5.74, 6) is -1.06. The molecule has 0 aliphatic rings. The molecular formula is C12H11FN2O3. The number of fused-ring (bicyclic) bond motifs is 1. The second kappa shape index (κ2) is 4.97. The zero-order valence-corrected chi connectivity index (χ0v) is 9.40. The van der Waals surface area contributed by atoms with E-state index in [4.69, 9.17) is 10.2 Å². The zero-order chi connectivity index (χ0) is 13.1. The van der Waals surface area contributed by atoms with Gasteiger partial charge in [0.25, 0.3) is 5.91 Å². The van der Waals surface area contributed by atoms with Crippen molar-refractivity contribution in [2.75, 3.05) is 13.1 Å². The molecule has 2 aromatic rings. The van der Waals surface area contributed by atoms with Gasteiger partial charge in [-0.2, -0.15) is 0 Å². The Morgan fingerprint density at radius 2 is 2.17 bits per heavy atom. The summed E-state index contributed by atoms with van der Waals surface area (Å²) in [6.07, 6.45) is 0. The van der Waals surface area contributed by atoms with E-state index in [-0.39, 0.29) is 24.2 Å². The standard InChI is InChI=1S/C12H11FN2O3/c13-8-2-1-7-5-9(11(16)15-4-3-14)12(17)18-10(7)6-8/h1-2,5-6H,3-4,14H2,(H,15,16). The van der Waals surface area contributed by atoms with Crippen molar-refractivity contribution in [2.24, 2.45) is 5.73 Å². The molecule has 1 aromatic carbocycles. The van der Waals surface area contributed by atoms with Crippen LogP contribution in [0.4, 0.5) is 4.39 Å². The Morgan fingerprint density at radius 1 is 1.39 bits per heavy atom. The molecule has 0 fully saturated rings. The number of hydrogen-bond donors (Lipinski definition) is 2. The average molecular weight is 250 g/mol. The van der Waals surface area contributed by atoms with Crippen LogP contribution in [-0.2, 0) is 0 Å². The highest BCUT2D eigenvalue weighted by atomic mass is 19.1. The van der Waals surface area contributed by atoms with E-state index in [2.05, 4.69) is 5.32 Å². The SMILES string of the molecule is NCCNC(=O)c1cc2ccc(F)cc2oc1=O. The Kier molecular flexibility index (Phi) is 3.38. The molecule has 0 aliphatic carbocycles. The number of benzene rings is 1. The number of hydrogen-bond acceptors (Lipinski definition) is 4. The molecule has 0 atom stereocenters. The summed E-state index contributed by atoms with van der Waals surface area (Å²) < 4.78 is 17.8. The molecule has 1 amide bonds. The summed E-state index contributed by atoms with van der Waals surface area (Å²) in [6, 6.07) is 5.13. The molecule has 1 heterocycles. The number of carbonyl (C=O) groups excluding carboxylic acids is 1. The van der Waals surface area contributed by atoms with Crippen LogP contribution < -0.4 is 16.7 Å². The normalized spacial score (nSPS) is 10.6. The van der Waals surface area contributed by atoms with Crippen LogP contribution in [0.1, 0.15) is 10.4 Å². The molecule has 0 unspecified atom stereocenters. The highest BCUT2D eigenvalue weighted by Gasteiger charge is 2.13. The molecule has 1 aromatic heterocycles. The van der Waals surface area contributed by atoms with Crippen LogP contribution in [0, 0.1) is 5.82 Å². The van der Waals surface area contributed by atoms with Gasteiger partial charge in [-0.3, -0.25) is 4.79 Å². The van der Waals surface area contributed by atoms with E-state index >= 15 is 0 Å². The molecule has 6 heteroatoms. The molecule has 0 saturated carbocycles. The molecular weight excluding hydrogens is 239 g/mol. The van der Waals surface area contributed by atoms with Crippen LogP contribution in [0.15, 0.2) is 33.5 Å². The number of nitrogens with two attached hydrogens (primary N) is 1. The van der Waals surface area contributed by atoms with Crippen LogP contribution in [0.5, 0.6) is 0 Å². The van der Waals surface area contributed by atoms with E-state index in [9.17, 15) is 14.0 Å². The van der Waals surface area contributed by atoms with Crippen LogP contribution in [-0.4, -0.2) is 19.0 Å². The molecule has 3 N–H and O–H groups in total. The molecule has 0 saturated heterocycles. The smallest absolute Gasteiger partial charge is 0.349 e. The predicted octanol–water partition coefficient (Wildman–Crippen LogP) is 0.621. The highest BCUT2D eigenvalue weighted by molar-refractivity contribution is 5.96. The van der Waals surface area contributed by atoms with Gasteiger partial charge in [-0.1, -0.05) is 0 Å². The molecule has 0 bridgehead atoms. The first-order valence-corrected chi connectivity index (χ1v) is 5.33. The van der Waals surface area contributed by atoms with E-state index < -0.39 is 17.3 Å². The Balaban J connectivity index is 2.46. The molecule has 0 aliphatic heterocycles. The van der Waals surface area contributed by atoms with Gasteiger partial charge in [0.1, 0.15) is 17.0 Å². The molecule has 2 rings (SSSR count). The topological polar surface area (TPSA) is 85.3 Å². The third kappa shape index (κ3) is 2.38. The van der Waals surface area contributed by atoms with Gasteiger partial charge in [0.15, 0.2) is 0 Å². The van der Waals surface area contributed by atoms with Gasteiger partial charge in [0.05, 0.1) is 0 Å². The van der Waals surface area contributed by atoms with Crippen LogP contribution in [0.25, 0.3) is 11.0 Å². The Bertz CT molecular complexity index is 651. The van der Waals surface area contributed by atoms with Crippen molar-refractivity contribution < 1.29 is 13.6 Å². The molecule has 0 spiro atoms. The first-order chi connectivity index (χ1) is 8.61. The highest BCUT2D eigenvalue weighted by Crippen LogP contribution is 2.14. The van der Waals surface area contributed by atoms with E-state index in [0.29, 0.717) is 5.39 Å². The van der Waals surface area contributed by atoms with Gasteiger partial charge in [0, 0.05) is 24.5 Å². The van der Waals surface area contributed by atoms with Crippen molar-refractivity contribution >= 4 is 16.9 Å². The van der Waals surface area contributed by atoms with Gasteiger partial charge in [-0.15, -0.1) is 0 Å². The van der Waals surface area contributed by atoms with E-state index in [1.807, 2.05) is 0 Å². The maximum absolute atomic E-state index is 12.9. The molecule has 94 valence electrons. The maximum Gasteiger partial charge on any atom is 0.349 e. The number of amides is 1. The molecule has 18 heavy (non-hydrogen) atoms. The first-order valence-electron chi connectivity index (χ1n) is 5.33. The summed E-state index contributed by atoms with van der Waals surface area (Å²) in [4.78, 5) is 23.2. The Morgan fingerprint density at radius 3 is 2.89 bits per heavy atom. The van der Waals surface area contributed by atoms with Crippen molar-refractivity contribution in [3.63, 3.8) is 0 Å². The van der Waals surface area contributed by atoms with Gasteiger partial charge < -0.3 is 15.5 Å². The fraction of sp³-hybridized carbons (Fsp3) is 0.167. The van der Waals surface area contributed by atoms with Gasteiger partial charge in [-0.25, -0.2) is 9.18 Å². The average Bonchev–Trinajstić information content (AvgIpc) is 2.35. The third-order valence-electron chi connectivity index (χ3n) is 2.37. The lowest BCUT2D eigenvalue weighted by molar-refractivity contribution is 0.0951. The predicted molar refractivity (Wildman–Crippen MR) is 63.8 cm³/mol. The Hall–Kier alpha value is -2.21. The summed E-state index contributed by atoms with van der Waals surface area (Å²) >= 11 is 0. The van der Waals surface area contributed by atoms with E-state index in [1.54, 1.807) is 0 Å². The minimum atomic E-state index is -0.803. The quantitative estimate of drug-likeness (QED) is 0.782. The van der Waals surface area contributed by atoms with Crippen molar-refractivity contribution in [1.82, 2.24) is 5.32 Å². The minimum absolute atomic E-state index is 0.107. The summed E-state index contributed by atoms with van der Waals surface area (Å²) in [5.41, 5.74) is 4.42. The maximum atomic E-state index is 12.9. The van der Waals surface area contributed by atoms with Gasteiger partial charge >= 0.3 is 5.63 Å². The summed E-state index contributed by atoms with van der Waals surface area (Å²) in [7, 11) is 0. The summed E-state index contributed by atoms with van der Waals surface area (Å²) in [5, 5.41) is 2.95. The van der Waals surface area contributed by atoms with Crippen molar-refractivity contribution in [3.05, 3.63) is 46.1 Å². The van der Waals surface area contributed by atoms with Crippen LogP contribution >= 0.6 is 0 Å². The molecule has 0 radical (unpaired) electrons. The van der Waals surface area contributed by atoms with E-state index in [0.717, 1.165) is 6.07 Å². The largest absolute Gasteiger partial charge is 0.422 e. The second-order valence-electron chi connectivity index (χ2n) is 3.67. The number of halogens is 1. The fourth-order valence-electron chi connectivity index (χ4n) is 1.52. The Labute approximate surface area is 101 Å². The zero-order valence-electron chi connectivity index (χ0n) is 9.40. The fourth-order valence-corrected chi connectivity index (χ4v) is 1.52. The number of carbonyl (C=O) groups is 1.